The summed E-state index contributed by atoms with van der Waals surface area (Å²) in [5, 5.41) is 38.5. The number of nitrogens with zero attached hydrogens (tertiary/aromatic N) is 21. The van der Waals surface area contributed by atoms with Crippen LogP contribution < -0.4 is 57.3 Å². The van der Waals surface area contributed by atoms with E-state index < -0.39 is 0 Å². The van der Waals surface area contributed by atoms with Crippen LogP contribution in [0.4, 0.5) is 69.0 Å². The minimum atomic E-state index is -0.0500. The number of benzene rings is 3. The number of aliphatic hydroxyl groups is 3. The van der Waals surface area contributed by atoms with Crippen LogP contribution in [0, 0.1) is 12.8 Å². The SMILES string of the molecule is C.CCC(CO)CN1CCN(c2ccc(Nc3nc(-c4cncc(N)n4)cn4ccnc34)cc2)CC1.Cc1ncc(-c2cn3ccnc3c(Nc3ccc(N4CCN(C5CCC5)CC4)c(OCCO)c3)n2)nc1N.Nc1cncc(-c2cn3ccnc3c(Nc3ccc(N4CCN(C5CCC5)CC4)c(OCCO)c3)n2)n1. The molecular formula is C79H99N27O5. The summed E-state index contributed by atoms with van der Waals surface area (Å²) in [6.45, 7) is 17.6. The first-order valence-electron chi connectivity index (χ1n) is 37.9. The van der Waals surface area contributed by atoms with Crippen molar-refractivity contribution in [2.24, 2.45) is 5.92 Å². The molecule has 111 heavy (non-hydrogen) atoms. The van der Waals surface area contributed by atoms with Crippen LogP contribution >= 0.6 is 0 Å². The predicted molar refractivity (Wildman–Crippen MR) is 433 cm³/mol. The predicted octanol–water partition coefficient (Wildman–Crippen LogP) is 8.71. The van der Waals surface area contributed by atoms with Crippen molar-refractivity contribution in [3.63, 3.8) is 0 Å². The highest BCUT2D eigenvalue weighted by Gasteiger charge is 2.31. The average Bonchev–Trinajstić information content (AvgIpc) is 1.66. The van der Waals surface area contributed by atoms with Gasteiger partial charge in [0.1, 0.15) is 76.3 Å². The number of ether oxygens (including phenoxy) is 2. The van der Waals surface area contributed by atoms with Gasteiger partial charge in [0.15, 0.2) is 34.4 Å². The van der Waals surface area contributed by atoms with Crippen molar-refractivity contribution < 1.29 is 24.8 Å². The van der Waals surface area contributed by atoms with Crippen LogP contribution in [-0.4, -0.2) is 233 Å². The molecular weight excluding hydrogens is 1410 g/mol. The molecule has 0 radical (unpaired) electrons. The summed E-state index contributed by atoms with van der Waals surface area (Å²) >= 11 is 0. The molecule has 2 aliphatic carbocycles. The third kappa shape index (κ3) is 18.0. The van der Waals surface area contributed by atoms with Gasteiger partial charge < -0.3 is 85.8 Å². The number of hydrogen-bond acceptors (Lipinski definition) is 29. The van der Waals surface area contributed by atoms with E-state index in [1.54, 1.807) is 37.2 Å². The summed E-state index contributed by atoms with van der Waals surface area (Å²) in [5.41, 5.74) is 29.9. The number of anilines is 12. The van der Waals surface area contributed by atoms with Crippen molar-refractivity contribution >= 4 is 86.0 Å². The number of nitrogens with one attached hydrogen (secondary N) is 3. The Morgan fingerprint density at radius 3 is 1.30 bits per heavy atom. The van der Waals surface area contributed by atoms with Crippen LogP contribution in [0.3, 0.4) is 0 Å². The number of nitrogen functional groups attached to an aromatic ring is 3. The standard InChI is InChI=1S/C27H33N9O2.C26H31N9O2.C25H31N9O.CH4/c1-18-25(28)32-21(16-30-18)22-17-36-8-7-29-27(36)26(33-22)31-19-5-6-23(24(15-19)38-14-13-37)35-11-9-34(10-12-35)20-3-2-4-20;27-24-16-28-15-20(31-24)21-17-35-7-6-29-26(35)25(32-21)30-18-4-5-22(23(14-18)37-13-12-36)34-10-8-33(9-11-34)19-2-1-3-19;1-2-18(17-35)15-32-9-11-33(12-10-32)20-5-3-19(4-6-20)29-24-25-28-7-8-34(25)16-22(31-24)21-13-27-14-23(26)30-21;/h5-8,15-17,20,37H,2-4,9-14H2,1H3,(H2,28,32)(H,31,33);4-7,14-17,19,36H,1-3,8-13H2,(H2,27,31)(H,30,32);3-8,13-14,16,18,35H,2,9-12,15,17H2,1H3,(H2,26,30)(H,29,31);1H4. The summed E-state index contributed by atoms with van der Waals surface area (Å²) in [4.78, 5) is 68.3. The minimum absolute atomic E-state index is 0. The fraction of sp³-hybridized carbons (Fsp3) is 0.392. The van der Waals surface area contributed by atoms with E-state index in [1.165, 1.54) is 56.6 Å². The molecule has 12 heterocycles. The molecule has 0 amide bonds. The minimum Gasteiger partial charge on any atom is -0.489 e. The summed E-state index contributed by atoms with van der Waals surface area (Å²) in [6.07, 6.45) is 33.3. The number of aliphatic hydroxyl groups excluding tert-OH is 3. The highest BCUT2D eigenvalue weighted by Crippen LogP contribution is 2.38. The monoisotopic (exact) mass is 1510 g/mol. The lowest BCUT2D eigenvalue weighted by Crippen LogP contribution is -2.52. The molecule has 12 N–H and O–H groups in total. The molecule has 5 fully saturated rings. The van der Waals surface area contributed by atoms with E-state index >= 15 is 0 Å². The number of hydrogen-bond donors (Lipinski definition) is 9. The van der Waals surface area contributed by atoms with E-state index in [9.17, 15) is 15.3 Å². The molecule has 5 aliphatic rings. The first-order chi connectivity index (χ1) is 53.9. The molecule has 9 aromatic heterocycles. The Bertz CT molecular complexity index is 5060. The Morgan fingerprint density at radius 2 is 0.901 bits per heavy atom. The molecule has 32 nitrogen and oxygen atoms in total. The maximum Gasteiger partial charge on any atom is 0.180 e. The number of piperazine rings is 3. The van der Waals surface area contributed by atoms with E-state index in [0.717, 1.165) is 149 Å². The second-order valence-corrected chi connectivity index (χ2v) is 28.2. The highest BCUT2D eigenvalue weighted by molar-refractivity contribution is 5.78. The van der Waals surface area contributed by atoms with Gasteiger partial charge in [-0.3, -0.25) is 29.7 Å². The van der Waals surface area contributed by atoms with E-state index in [0.29, 0.717) is 92.0 Å². The summed E-state index contributed by atoms with van der Waals surface area (Å²) in [5.74, 6) is 4.65. The van der Waals surface area contributed by atoms with Crippen molar-refractivity contribution in [2.45, 2.75) is 78.3 Å². The van der Waals surface area contributed by atoms with Gasteiger partial charge in [-0.1, -0.05) is 27.2 Å². The van der Waals surface area contributed by atoms with E-state index in [4.69, 9.17) is 41.6 Å². The molecule has 3 saturated heterocycles. The van der Waals surface area contributed by atoms with Crippen molar-refractivity contribution in [3.05, 3.63) is 153 Å². The van der Waals surface area contributed by atoms with E-state index in [1.807, 2.05) is 81.6 Å². The first kappa shape index (κ1) is 76.1. The summed E-state index contributed by atoms with van der Waals surface area (Å²) < 4.78 is 17.7. The van der Waals surface area contributed by atoms with Crippen molar-refractivity contribution in [1.29, 1.82) is 0 Å². The number of fused-ring (bicyclic) bond motifs is 3. The molecule has 1 atom stereocenters. The first-order valence-corrected chi connectivity index (χ1v) is 37.9. The van der Waals surface area contributed by atoms with Crippen LogP contribution in [0.25, 0.3) is 51.1 Å². The zero-order valence-corrected chi connectivity index (χ0v) is 62.0. The Kier molecular flexibility index (Phi) is 24.2. The molecule has 0 spiro atoms. The molecule has 2 saturated carbocycles. The zero-order valence-electron chi connectivity index (χ0n) is 62.0. The average molecular weight is 1510 g/mol. The van der Waals surface area contributed by atoms with Gasteiger partial charge in [-0.15, -0.1) is 0 Å². The third-order valence-corrected chi connectivity index (χ3v) is 21.1. The molecule has 3 aliphatic heterocycles. The van der Waals surface area contributed by atoms with E-state index in [2.05, 4.69) is 134 Å². The lowest BCUT2D eigenvalue weighted by molar-refractivity contribution is 0.120. The molecule has 3 aromatic carbocycles. The van der Waals surface area contributed by atoms with Gasteiger partial charge in [0.25, 0.3) is 0 Å². The Hall–Kier alpha value is -11.7. The van der Waals surface area contributed by atoms with Crippen LogP contribution in [0.15, 0.2) is 147 Å². The maximum absolute atomic E-state index is 9.49. The van der Waals surface area contributed by atoms with Crippen molar-refractivity contribution in [2.75, 3.05) is 166 Å². The van der Waals surface area contributed by atoms with Gasteiger partial charge >= 0.3 is 0 Å². The van der Waals surface area contributed by atoms with Gasteiger partial charge in [0.2, 0.25) is 0 Å². The van der Waals surface area contributed by atoms with Crippen LogP contribution in [0.5, 0.6) is 11.5 Å². The normalized spacial score (nSPS) is 16.1. The molecule has 1 unspecified atom stereocenters. The van der Waals surface area contributed by atoms with Gasteiger partial charge in [-0.05, 0) is 93.5 Å². The number of rotatable bonds is 24. The Labute approximate surface area is 644 Å². The lowest BCUT2D eigenvalue weighted by atomic mass is 9.91. The van der Waals surface area contributed by atoms with E-state index in [-0.39, 0.29) is 40.5 Å². The van der Waals surface area contributed by atoms with Gasteiger partial charge in [-0.25, -0.2) is 44.9 Å². The largest absolute Gasteiger partial charge is 0.489 e. The summed E-state index contributed by atoms with van der Waals surface area (Å²) in [6, 6.07) is 22.0. The molecule has 12 aromatic rings. The smallest absolute Gasteiger partial charge is 0.180 e. The quantitative estimate of drug-likeness (QED) is 0.0273. The zero-order chi connectivity index (χ0) is 75.5. The fourth-order valence-electron chi connectivity index (χ4n) is 14.5. The molecule has 17 rings (SSSR count). The van der Waals surface area contributed by atoms with Gasteiger partial charge in [-0.2, -0.15) is 0 Å². The number of aromatic nitrogens is 15. The Morgan fingerprint density at radius 1 is 0.477 bits per heavy atom. The molecule has 580 valence electrons. The number of aryl methyl sites for hydroxylation is 1. The molecule has 0 bridgehead atoms. The topological polar surface area (TPSA) is 381 Å². The van der Waals surface area contributed by atoms with Gasteiger partial charge in [0.05, 0.1) is 61.3 Å². The van der Waals surface area contributed by atoms with Crippen LogP contribution in [0.1, 0.15) is 65.0 Å². The van der Waals surface area contributed by atoms with Crippen LogP contribution in [-0.2, 0) is 0 Å². The third-order valence-electron chi connectivity index (χ3n) is 21.1. The second-order valence-electron chi connectivity index (χ2n) is 28.2. The number of imidazole rings is 3. The summed E-state index contributed by atoms with van der Waals surface area (Å²) in [7, 11) is 0. The molecule has 32 heteroatoms. The second kappa shape index (κ2) is 35.3. The van der Waals surface area contributed by atoms with Gasteiger partial charge in [0, 0.05) is 194 Å². The maximum atomic E-state index is 9.49. The fourth-order valence-corrected chi connectivity index (χ4v) is 14.5. The van der Waals surface area contributed by atoms with Crippen LogP contribution in [0.2, 0.25) is 0 Å². The van der Waals surface area contributed by atoms with Crippen molar-refractivity contribution in [1.82, 2.24) is 87.7 Å². The highest BCUT2D eigenvalue weighted by atomic mass is 16.5. The van der Waals surface area contributed by atoms with Crippen molar-refractivity contribution in [3.8, 4) is 45.7 Å². The Balaban J connectivity index is 0.000000138. The number of nitrogens with two attached hydrogens (primary N) is 3. The lowest BCUT2D eigenvalue weighted by Gasteiger charge is -2.43.